The zero-order chi connectivity index (χ0) is 14.8. The topological polar surface area (TPSA) is 70.5 Å². The second-order valence-electron chi connectivity index (χ2n) is 4.97. The molecule has 1 aliphatic heterocycles. The molecule has 3 rings (SSSR count). The van der Waals surface area contributed by atoms with Crippen LogP contribution in [0, 0.1) is 0 Å². The fourth-order valence-corrected chi connectivity index (χ4v) is 2.66. The summed E-state index contributed by atoms with van der Waals surface area (Å²) in [5.74, 6) is -1.14. The number of rotatable bonds is 4. The lowest BCUT2D eigenvalue weighted by Gasteiger charge is -2.24. The Balaban J connectivity index is 1.95. The molecule has 0 spiro atoms. The van der Waals surface area contributed by atoms with Crippen molar-refractivity contribution >= 4 is 11.9 Å². The van der Waals surface area contributed by atoms with Gasteiger partial charge in [-0.2, -0.15) is 0 Å². The summed E-state index contributed by atoms with van der Waals surface area (Å²) in [6.07, 6.45) is 1.44. The summed E-state index contributed by atoms with van der Waals surface area (Å²) in [7, 11) is 0. The minimum Gasteiger partial charge on any atom is -0.481 e. The average molecular weight is 282 g/mol. The van der Waals surface area contributed by atoms with E-state index in [0.717, 1.165) is 5.56 Å². The SMILES string of the molecule is O=C(O)CC1c2cccnc2C(=O)N1Cc1ccccc1. The van der Waals surface area contributed by atoms with E-state index in [1.54, 1.807) is 23.2 Å². The summed E-state index contributed by atoms with van der Waals surface area (Å²) in [5.41, 5.74) is 2.02. The number of nitrogens with zero attached hydrogens (tertiary/aromatic N) is 2. The fraction of sp³-hybridized carbons (Fsp3) is 0.188. The molecule has 106 valence electrons. The minimum absolute atomic E-state index is 0.114. The summed E-state index contributed by atoms with van der Waals surface area (Å²) in [5, 5.41) is 9.11. The van der Waals surface area contributed by atoms with Crippen LogP contribution in [0.3, 0.4) is 0 Å². The van der Waals surface area contributed by atoms with Crippen molar-refractivity contribution in [3.8, 4) is 0 Å². The number of pyridine rings is 1. The maximum absolute atomic E-state index is 12.5. The van der Waals surface area contributed by atoms with Gasteiger partial charge >= 0.3 is 5.97 Å². The second kappa shape index (κ2) is 5.36. The number of carboxylic acids is 1. The van der Waals surface area contributed by atoms with Crippen LogP contribution in [0.4, 0.5) is 0 Å². The molecule has 0 fully saturated rings. The molecule has 5 heteroatoms. The van der Waals surface area contributed by atoms with Crippen LogP contribution in [0.2, 0.25) is 0 Å². The Hall–Kier alpha value is -2.69. The zero-order valence-electron chi connectivity index (χ0n) is 11.3. The van der Waals surface area contributed by atoms with Crippen molar-refractivity contribution in [3.63, 3.8) is 0 Å². The van der Waals surface area contributed by atoms with Crippen LogP contribution in [-0.4, -0.2) is 26.9 Å². The molecule has 0 bridgehead atoms. The number of fused-ring (bicyclic) bond motifs is 1. The van der Waals surface area contributed by atoms with Gasteiger partial charge in [-0.25, -0.2) is 0 Å². The molecule has 1 aromatic carbocycles. The van der Waals surface area contributed by atoms with Crippen LogP contribution in [0.15, 0.2) is 48.7 Å². The lowest BCUT2D eigenvalue weighted by molar-refractivity contribution is -0.138. The van der Waals surface area contributed by atoms with Gasteiger partial charge in [0.1, 0.15) is 5.69 Å². The first-order valence-corrected chi connectivity index (χ1v) is 6.68. The van der Waals surface area contributed by atoms with Gasteiger partial charge in [0.15, 0.2) is 0 Å². The highest BCUT2D eigenvalue weighted by atomic mass is 16.4. The van der Waals surface area contributed by atoms with Crippen molar-refractivity contribution in [2.24, 2.45) is 0 Å². The normalized spacial score (nSPS) is 16.9. The van der Waals surface area contributed by atoms with Gasteiger partial charge in [-0.3, -0.25) is 14.6 Å². The van der Waals surface area contributed by atoms with E-state index in [0.29, 0.717) is 17.8 Å². The maximum atomic E-state index is 12.5. The molecule has 5 nitrogen and oxygen atoms in total. The maximum Gasteiger partial charge on any atom is 0.305 e. The molecule has 2 heterocycles. The van der Waals surface area contributed by atoms with Gasteiger partial charge in [0.05, 0.1) is 12.5 Å². The Labute approximate surface area is 121 Å². The van der Waals surface area contributed by atoms with Crippen LogP contribution in [0.5, 0.6) is 0 Å². The molecule has 0 saturated carbocycles. The Bertz CT molecular complexity index is 685. The molecule has 0 aliphatic carbocycles. The second-order valence-corrected chi connectivity index (χ2v) is 4.97. The molecule has 1 unspecified atom stereocenters. The summed E-state index contributed by atoms with van der Waals surface area (Å²) in [6, 6.07) is 12.6. The van der Waals surface area contributed by atoms with E-state index in [1.165, 1.54) is 0 Å². The molecule has 1 aliphatic rings. The van der Waals surface area contributed by atoms with E-state index in [9.17, 15) is 9.59 Å². The molecule has 21 heavy (non-hydrogen) atoms. The monoisotopic (exact) mass is 282 g/mol. The highest BCUT2D eigenvalue weighted by molar-refractivity contribution is 5.97. The lowest BCUT2D eigenvalue weighted by Crippen LogP contribution is -2.29. The molecule has 1 atom stereocenters. The van der Waals surface area contributed by atoms with Crippen LogP contribution < -0.4 is 0 Å². The number of aromatic nitrogens is 1. The minimum atomic E-state index is -0.928. The average Bonchev–Trinajstić information content (AvgIpc) is 2.74. The van der Waals surface area contributed by atoms with Gasteiger partial charge in [0.2, 0.25) is 0 Å². The molecule has 0 radical (unpaired) electrons. The van der Waals surface area contributed by atoms with Gasteiger partial charge in [-0.15, -0.1) is 0 Å². The number of hydrogen-bond acceptors (Lipinski definition) is 3. The van der Waals surface area contributed by atoms with Crippen molar-refractivity contribution < 1.29 is 14.7 Å². The largest absolute Gasteiger partial charge is 0.481 e. The third kappa shape index (κ3) is 2.50. The number of carbonyl (C=O) groups is 2. The van der Waals surface area contributed by atoms with Gasteiger partial charge in [0, 0.05) is 18.3 Å². The number of carboxylic acid groups (broad SMARTS) is 1. The van der Waals surface area contributed by atoms with E-state index in [-0.39, 0.29) is 12.3 Å². The quantitative estimate of drug-likeness (QED) is 0.933. The van der Waals surface area contributed by atoms with Gasteiger partial charge in [-0.1, -0.05) is 36.4 Å². The van der Waals surface area contributed by atoms with Crippen molar-refractivity contribution in [3.05, 3.63) is 65.5 Å². The van der Waals surface area contributed by atoms with E-state index in [2.05, 4.69) is 4.98 Å². The van der Waals surface area contributed by atoms with E-state index in [1.807, 2.05) is 30.3 Å². The highest BCUT2D eigenvalue weighted by Crippen LogP contribution is 2.35. The number of amides is 1. The zero-order valence-corrected chi connectivity index (χ0v) is 11.3. The first kappa shape index (κ1) is 13.3. The van der Waals surface area contributed by atoms with Crippen molar-refractivity contribution in [2.75, 3.05) is 0 Å². The van der Waals surface area contributed by atoms with Crippen molar-refractivity contribution in [1.29, 1.82) is 0 Å². The molecular weight excluding hydrogens is 268 g/mol. The van der Waals surface area contributed by atoms with Crippen molar-refractivity contribution in [2.45, 2.75) is 19.0 Å². The fourth-order valence-electron chi connectivity index (χ4n) is 2.66. The first-order valence-electron chi connectivity index (χ1n) is 6.68. The number of carbonyl (C=O) groups excluding carboxylic acids is 1. The molecular formula is C16H14N2O3. The molecule has 2 aromatic rings. The predicted octanol–water partition coefficient (Wildman–Crippen LogP) is 2.25. The van der Waals surface area contributed by atoms with E-state index < -0.39 is 12.0 Å². The molecule has 1 amide bonds. The third-order valence-corrected chi connectivity index (χ3v) is 3.60. The van der Waals surface area contributed by atoms with Gasteiger partial charge < -0.3 is 10.0 Å². The summed E-state index contributed by atoms with van der Waals surface area (Å²) >= 11 is 0. The molecule has 0 saturated heterocycles. The third-order valence-electron chi connectivity index (χ3n) is 3.60. The van der Waals surface area contributed by atoms with Crippen molar-refractivity contribution in [1.82, 2.24) is 9.88 Å². The standard InChI is InChI=1S/C16H14N2O3/c19-14(20)9-13-12-7-4-8-17-15(12)16(21)18(13)10-11-5-2-1-3-6-11/h1-8,13H,9-10H2,(H,19,20). The summed E-state index contributed by atoms with van der Waals surface area (Å²) < 4.78 is 0. The van der Waals surface area contributed by atoms with Gasteiger partial charge in [0.25, 0.3) is 5.91 Å². The Morgan fingerprint density at radius 3 is 2.67 bits per heavy atom. The van der Waals surface area contributed by atoms with Crippen LogP contribution >= 0.6 is 0 Å². The number of hydrogen-bond donors (Lipinski definition) is 1. The van der Waals surface area contributed by atoms with E-state index >= 15 is 0 Å². The Morgan fingerprint density at radius 1 is 1.19 bits per heavy atom. The Kier molecular flexibility index (Phi) is 3.39. The molecule has 1 aromatic heterocycles. The smallest absolute Gasteiger partial charge is 0.305 e. The predicted molar refractivity (Wildman–Crippen MR) is 75.5 cm³/mol. The number of aliphatic carboxylic acids is 1. The lowest BCUT2D eigenvalue weighted by atomic mass is 10.1. The van der Waals surface area contributed by atoms with Gasteiger partial charge in [-0.05, 0) is 11.6 Å². The first-order chi connectivity index (χ1) is 10.2. The summed E-state index contributed by atoms with van der Waals surface area (Å²) in [6.45, 7) is 0.383. The summed E-state index contributed by atoms with van der Waals surface area (Å²) in [4.78, 5) is 29.3. The van der Waals surface area contributed by atoms with Crippen LogP contribution in [0.25, 0.3) is 0 Å². The number of benzene rings is 1. The molecule has 1 N–H and O–H groups in total. The van der Waals surface area contributed by atoms with Crippen LogP contribution in [0.1, 0.15) is 34.1 Å². The highest BCUT2D eigenvalue weighted by Gasteiger charge is 2.38. The van der Waals surface area contributed by atoms with E-state index in [4.69, 9.17) is 5.11 Å². The Morgan fingerprint density at radius 2 is 1.95 bits per heavy atom. The van der Waals surface area contributed by atoms with Crippen LogP contribution in [-0.2, 0) is 11.3 Å².